The first-order valence-corrected chi connectivity index (χ1v) is 8.90. The molecular weight excluding hydrogens is 394 g/mol. The van der Waals surface area contributed by atoms with Crippen molar-refractivity contribution in [2.75, 3.05) is 33.4 Å². The summed E-state index contributed by atoms with van der Waals surface area (Å²) in [6.07, 6.45) is 0. The van der Waals surface area contributed by atoms with Crippen LogP contribution in [0.15, 0.2) is 46.9 Å². The highest BCUT2D eigenvalue weighted by Crippen LogP contribution is 2.40. The summed E-state index contributed by atoms with van der Waals surface area (Å²) in [6, 6.07) is 11.4. The highest BCUT2D eigenvalue weighted by Gasteiger charge is 2.20. The second kappa shape index (κ2) is 8.16. The van der Waals surface area contributed by atoms with Gasteiger partial charge in [0.1, 0.15) is 28.7 Å². The Bertz CT molecular complexity index is 1050. The van der Waals surface area contributed by atoms with Gasteiger partial charge in [-0.05, 0) is 18.2 Å². The number of carbonyl (C=O) groups excluding carboxylic acids is 1. The number of rotatable bonds is 7. The van der Waals surface area contributed by atoms with Gasteiger partial charge in [-0.2, -0.15) is 0 Å². The van der Waals surface area contributed by atoms with Crippen LogP contribution >= 0.6 is 0 Å². The van der Waals surface area contributed by atoms with Crippen molar-refractivity contribution >= 4 is 11.6 Å². The van der Waals surface area contributed by atoms with Gasteiger partial charge in [-0.1, -0.05) is 0 Å². The van der Waals surface area contributed by atoms with E-state index in [1.807, 2.05) is 0 Å². The number of anilines is 1. The zero-order chi connectivity index (χ0) is 21.1. The van der Waals surface area contributed by atoms with Gasteiger partial charge in [0.25, 0.3) is 11.9 Å². The molecule has 0 bridgehead atoms. The molecule has 1 aliphatic rings. The standard InChI is InChI=1S/C21H19NO8/c1-24-13-9-17(25-2)20(18(10-13)26-3)22-21(23)15-6-7-19(30-15)29-12-4-5-14-16(8-12)28-11-27-14/h4-10H,11H2,1-3H3,(H,22,23). The van der Waals surface area contributed by atoms with E-state index in [9.17, 15) is 4.79 Å². The largest absolute Gasteiger partial charge is 0.496 e. The zero-order valence-corrected chi connectivity index (χ0v) is 16.5. The second-order valence-electron chi connectivity index (χ2n) is 6.10. The Morgan fingerprint density at radius 3 is 2.30 bits per heavy atom. The van der Waals surface area contributed by atoms with Crippen molar-refractivity contribution in [3.05, 3.63) is 48.2 Å². The van der Waals surface area contributed by atoms with Gasteiger partial charge in [0.05, 0.1) is 21.3 Å². The molecule has 1 amide bonds. The molecule has 0 spiro atoms. The maximum Gasteiger partial charge on any atom is 0.291 e. The van der Waals surface area contributed by atoms with Gasteiger partial charge >= 0.3 is 0 Å². The number of furan rings is 1. The minimum atomic E-state index is -0.502. The summed E-state index contributed by atoms with van der Waals surface area (Å²) in [6.45, 7) is 0.169. The maximum absolute atomic E-state index is 12.7. The fraction of sp³-hybridized carbons (Fsp3) is 0.190. The lowest BCUT2D eigenvalue weighted by Gasteiger charge is -2.15. The van der Waals surface area contributed by atoms with Gasteiger partial charge in [0.15, 0.2) is 17.3 Å². The van der Waals surface area contributed by atoms with Gasteiger partial charge in [-0.15, -0.1) is 0 Å². The highest BCUT2D eigenvalue weighted by atomic mass is 16.7. The van der Waals surface area contributed by atoms with Crippen LogP contribution in [0.1, 0.15) is 10.6 Å². The number of benzene rings is 2. The molecule has 30 heavy (non-hydrogen) atoms. The Labute approximate surface area is 172 Å². The van der Waals surface area contributed by atoms with E-state index in [0.717, 1.165) is 0 Å². The number of fused-ring (bicyclic) bond motifs is 1. The van der Waals surface area contributed by atoms with Crippen LogP contribution < -0.4 is 33.7 Å². The fourth-order valence-corrected chi connectivity index (χ4v) is 2.86. The molecule has 9 nitrogen and oxygen atoms in total. The van der Waals surface area contributed by atoms with Gasteiger partial charge in [-0.25, -0.2) is 0 Å². The first-order chi connectivity index (χ1) is 14.6. The predicted octanol–water partition coefficient (Wildman–Crippen LogP) is 4.08. The molecule has 0 saturated heterocycles. The van der Waals surface area contributed by atoms with Crippen LogP contribution in [-0.2, 0) is 0 Å². The SMILES string of the molecule is COc1cc(OC)c(NC(=O)c2ccc(Oc3ccc4c(c3)OCO4)o2)c(OC)c1. The van der Waals surface area contributed by atoms with E-state index < -0.39 is 5.91 Å². The third kappa shape index (κ3) is 3.77. The van der Waals surface area contributed by atoms with Crippen LogP contribution in [0.3, 0.4) is 0 Å². The number of hydrogen-bond donors (Lipinski definition) is 1. The molecule has 9 heteroatoms. The molecule has 4 rings (SSSR count). The van der Waals surface area contributed by atoms with E-state index in [4.69, 9.17) is 32.8 Å². The maximum atomic E-state index is 12.7. The minimum absolute atomic E-state index is 0.0469. The Kier molecular flexibility index (Phi) is 5.25. The van der Waals surface area contributed by atoms with Gasteiger partial charge in [0, 0.05) is 24.3 Å². The van der Waals surface area contributed by atoms with Crippen molar-refractivity contribution in [2.45, 2.75) is 0 Å². The molecule has 3 aromatic rings. The number of ether oxygens (including phenoxy) is 6. The lowest BCUT2D eigenvalue weighted by Crippen LogP contribution is -2.13. The molecule has 0 unspecified atom stereocenters. The van der Waals surface area contributed by atoms with Crippen LogP contribution in [0.25, 0.3) is 0 Å². The number of amides is 1. The Hall–Kier alpha value is -4.01. The average molecular weight is 413 g/mol. The summed E-state index contributed by atoms with van der Waals surface area (Å²) in [5, 5.41) is 2.73. The minimum Gasteiger partial charge on any atom is -0.496 e. The van der Waals surface area contributed by atoms with Gasteiger partial charge in [0.2, 0.25) is 6.79 Å². The average Bonchev–Trinajstić information content (AvgIpc) is 3.43. The Morgan fingerprint density at radius 1 is 0.867 bits per heavy atom. The summed E-state index contributed by atoms with van der Waals surface area (Å²) in [5.74, 6) is 2.68. The van der Waals surface area contributed by atoms with E-state index in [1.54, 1.807) is 36.4 Å². The highest BCUT2D eigenvalue weighted by molar-refractivity contribution is 6.04. The zero-order valence-electron chi connectivity index (χ0n) is 16.5. The second-order valence-corrected chi connectivity index (χ2v) is 6.10. The van der Waals surface area contributed by atoms with Gasteiger partial charge < -0.3 is 38.2 Å². The quantitative estimate of drug-likeness (QED) is 0.619. The summed E-state index contributed by atoms with van der Waals surface area (Å²) in [4.78, 5) is 12.7. The van der Waals surface area contributed by atoms with Crippen molar-refractivity contribution in [3.8, 4) is 40.4 Å². The summed E-state index contributed by atoms with van der Waals surface area (Å²) < 4.78 is 37.6. The molecular formula is C21H19NO8. The smallest absolute Gasteiger partial charge is 0.291 e. The van der Waals surface area contributed by atoms with E-state index in [1.165, 1.54) is 27.4 Å². The van der Waals surface area contributed by atoms with Crippen molar-refractivity contribution in [3.63, 3.8) is 0 Å². The molecule has 0 fully saturated rings. The Morgan fingerprint density at radius 2 is 1.60 bits per heavy atom. The van der Waals surface area contributed by atoms with Crippen molar-refractivity contribution in [1.82, 2.24) is 0 Å². The lowest BCUT2D eigenvalue weighted by molar-refractivity contribution is 0.0991. The topological polar surface area (TPSA) is 97.6 Å². The monoisotopic (exact) mass is 413 g/mol. The van der Waals surface area contributed by atoms with Crippen molar-refractivity contribution in [2.24, 2.45) is 0 Å². The molecule has 0 atom stereocenters. The van der Waals surface area contributed by atoms with Gasteiger partial charge in [-0.3, -0.25) is 4.79 Å². The molecule has 1 aliphatic heterocycles. The molecule has 2 heterocycles. The summed E-state index contributed by atoms with van der Waals surface area (Å²) >= 11 is 0. The van der Waals surface area contributed by atoms with Crippen LogP contribution in [-0.4, -0.2) is 34.0 Å². The van der Waals surface area contributed by atoms with Crippen LogP contribution in [0.2, 0.25) is 0 Å². The van der Waals surface area contributed by atoms with Crippen molar-refractivity contribution < 1.29 is 37.6 Å². The first kappa shape index (κ1) is 19.3. The number of nitrogens with one attached hydrogen (secondary N) is 1. The van der Waals surface area contributed by atoms with E-state index >= 15 is 0 Å². The molecule has 1 aromatic heterocycles. The molecule has 156 valence electrons. The normalized spacial score (nSPS) is 11.7. The fourth-order valence-electron chi connectivity index (χ4n) is 2.86. The van der Waals surface area contributed by atoms with Crippen molar-refractivity contribution in [1.29, 1.82) is 0 Å². The molecule has 2 aromatic carbocycles. The third-order valence-corrected chi connectivity index (χ3v) is 4.32. The Balaban J connectivity index is 1.51. The molecule has 0 saturated carbocycles. The van der Waals surface area contributed by atoms with Crippen LogP contribution in [0.4, 0.5) is 5.69 Å². The predicted molar refractivity (Wildman–Crippen MR) is 105 cm³/mol. The first-order valence-electron chi connectivity index (χ1n) is 8.90. The molecule has 1 N–H and O–H groups in total. The number of carbonyl (C=O) groups is 1. The summed E-state index contributed by atoms with van der Waals surface area (Å²) in [5.41, 5.74) is 0.348. The van der Waals surface area contributed by atoms with E-state index in [2.05, 4.69) is 5.32 Å². The van der Waals surface area contributed by atoms with E-state index in [-0.39, 0.29) is 18.5 Å². The van der Waals surface area contributed by atoms with Crippen LogP contribution in [0.5, 0.6) is 40.4 Å². The number of hydrogen-bond acceptors (Lipinski definition) is 8. The lowest BCUT2D eigenvalue weighted by atomic mass is 10.2. The summed E-state index contributed by atoms with van der Waals surface area (Å²) in [7, 11) is 4.49. The molecule has 0 radical (unpaired) electrons. The molecule has 0 aliphatic carbocycles. The van der Waals surface area contributed by atoms with E-state index in [0.29, 0.717) is 40.2 Å². The third-order valence-electron chi connectivity index (χ3n) is 4.32. The van der Waals surface area contributed by atoms with Crippen LogP contribution in [0, 0.1) is 0 Å². The number of methoxy groups -OCH3 is 3.